The van der Waals surface area contributed by atoms with Crippen LogP contribution in [0.5, 0.6) is 0 Å². The van der Waals surface area contributed by atoms with Gasteiger partial charge in [0.25, 0.3) is 0 Å². The first-order valence-corrected chi connectivity index (χ1v) is 8.25. The van der Waals surface area contributed by atoms with Crippen molar-refractivity contribution in [1.29, 1.82) is 0 Å². The zero-order valence-electron chi connectivity index (χ0n) is 12.8. The third-order valence-electron chi connectivity index (χ3n) is 3.78. The van der Waals surface area contributed by atoms with E-state index in [2.05, 4.69) is 20.2 Å². The van der Waals surface area contributed by atoms with Gasteiger partial charge in [0.05, 0.1) is 19.3 Å². The van der Waals surface area contributed by atoms with Crippen LogP contribution >= 0.6 is 23.2 Å². The molecule has 2 heterocycles. The fourth-order valence-corrected chi connectivity index (χ4v) is 3.12. The van der Waals surface area contributed by atoms with Crippen molar-refractivity contribution in [3.63, 3.8) is 0 Å². The lowest BCUT2D eigenvalue weighted by atomic mass is 10.1. The van der Waals surface area contributed by atoms with Crippen molar-refractivity contribution in [2.45, 2.75) is 13.0 Å². The predicted octanol–water partition coefficient (Wildman–Crippen LogP) is 3.79. The van der Waals surface area contributed by atoms with Gasteiger partial charge in [0.2, 0.25) is 0 Å². The molecular formula is C16H18Cl2N4O. The summed E-state index contributed by atoms with van der Waals surface area (Å²) in [4.78, 5) is 10.8. The van der Waals surface area contributed by atoms with Crippen LogP contribution in [0.15, 0.2) is 30.6 Å². The SMILES string of the molecule is C[C@H](Nc1cc(N2CCOCC2)ncn1)c1ccc(Cl)cc1Cl. The van der Waals surface area contributed by atoms with Gasteiger partial charge in [-0.3, -0.25) is 0 Å². The van der Waals surface area contributed by atoms with Crippen LogP contribution in [0.4, 0.5) is 11.6 Å². The highest BCUT2D eigenvalue weighted by atomic mass is 35.5. The van der Waals surface area contributed by atoms with Gasteiger partial charge < -0.3 is 15.0 Å². The van der Waals surface area contributed by atoms with E-state index in [9.17, 15) is 0 Å². The molecule has 1 aromatic carbocycles. The minimum Gasteiger partial charge on any atom is -0.378 e. The van der Waals surface area contributed by atoms with Crippen molar-refractivity contribution < 1.29 is 4.74 Å². The first kappa shape index (κ1) is 16.3. The molecule has 1 fully saturated rings. The van der Waals surface area contributed by atoms with Crippen LogP contribution in [-0.2, 0) is 4.74 Å². The van der Waals surface area contributed by atoms with Crippen LogP contribution < -0.4 is 10.2 Å². The molecule has 1 N–H and O–H groups in total. The van der Waals surface area contributed by atoms with E-state index in [1.165, 1.54) is 0 Å². The Kier molecular flexibility index (Phi) is 5.20. The van der Waals surface area contributed by atoms with Gasteiger partial charge in [-0.15, -0.1) is 0 Å². The highest BCUT2D eigenvalue weighted by Crippen LogP contribution is 2.28. The molecule has 122 valence electrons. The van der Waals surface area contributed by atoms with Crippen LogP contribution in [-0.4, -0.2) is 36.3 Å². The Bertz CT molecular complexity index is 677. The fourth-order valence-electron chi connectivity index (χ4n) is 2.54. The molecule has 1 atom stereocenters. The Morgan fingerprint density at radius 1 is 1.17 bits per heavy atom. The summed E-state index contributed by atoms with van der Waals surface area (Å²) < 4.78 is 5.37. The molecule has 2 aromatic rings. The Morgan fingerprint density at radius 2 is 1.96 bits per heavy atom. The van der Waals surface area contributed by atoms with Crippen molar-refractivity contribution in [3.05, 3.63) is 46.2 Å². The average Bonchev–Trinajstić information content (AvgIpc) is 2.56. The number of rotatable bonds is 4. The van der Waals surface area contributed by atoms with Gasteiger partial charge in [0.15, 0.2) is 0 Å². The zero-order chi connectivity index (χ0) is 16.2. The normalized spacial score (nSPS) is 16.2. The maximum Gasteiger partial charge on any atom is 0.134 e. The molecule has 0 spiro atoms. The summed E-state index contributed by atoms with van der Waals surface area (Å²) in [6, 6.07) is 7.46. The molecule has 1 aromatic heterocycles. The van der Waals surface area contributed by atoms with Gasteiger partial charge in [-0.2, -0.15) is 0 Å². The first-order chi connectivity index (χ1) is 11.1. The largest absolute Gasteiger partial charge is 0.378 e. The molecule has 1 saturated heterocycles. The quantitative estimate of drug-likeness (QED) is 0.906. The molecule has 0 aliphatic carbocycles. The molecule has 0 unspecified atom stereocenters. The van der Waals surface area contributed by atoms with E-state index in [0.29, 0.717) is 10.0 Å². The van der Waals surface area contributed by atoms with E-state index in [1.54, 1.807) is 12.4 Å². The van der Waals surface area contributed by atoms with Gasteiger partial charge in [0.1, 0.15) is 18.0 Å². The lowest BCUT2D eigenvalue weighted by Gasteiger charge is -2.28. The second-order valence-corrected chi connectivity index (χ2v) is 6.24. The number of hydrogen-bond donors (Lipinski definition) is 1. The highest BCUT2D eigenvalue weighted by molar-refractivity contribution is 6.35. The minimum absolute atomic E-state index is 0.00667. The van der Waals surface area contributed by atoms with E-state index in [-0.39, 0.29) is 6.04 Å². The molecule has 0 radical (unpaired) electrons. The van der Waals surface area contributed by atoms with Crippen LogP contribution in [0.25, 0.3) is 0 Å². The number of ether oxygens (including phenoxy) is 1. The second kappa shape index (κ2) is 7.34. The summed E-state index contributed by atoms with van der Waals surface area (Å²) in [5.41, 5.74) is 0.975. The van der Waals surface area contributed by atoms with Gasteiger partial charge in [0, 0.05) is 29.2 Å². The third-order valence-corrected chi connectivity index (χ3v) is 4.34. The topological polar surface area (TPSA) is 50.3 Å². The fraction of sp³-hybridized carbons (Fsp3) is 0.375. The second-order valence-electron chi connectivity index (χ2n) is 5.39. The van der Waals surface area contributed by atoms with E-state index < -0.39 is 0 Å². The van der Waals surface area contributed by atoms with E-state index in [4.69, 9.17) is 27.9 Å². The molecule has 23 heavy (non-hydrogen) atoms. The molecular weight excluding hydrogens is 335 g/mol. The van der Waals surface area contributed by atoms with Crippen LogP contribution in [0.2, 0.25) is 10.0 Å². The Balaban J connectivity index is 1.74. The van der Waals surface area contributed by atoms with Crippen LogP contribution in [0.1, 0.15) is 18.5 Å². The van der Waals surface area contributed by atoms with Crippen molar-refractivity contribution in [3.8, 4) is 0 Å². The summed E-state index contributed by atoms with van der Waals surface area (Å²) in [6.45, 7) is 5.17. The van der Waals surface area contributed by atoms with Crippen molar-refractivity contribution in [2.24, 2.45) is 0 Å². The zero-order valence-corrected chi connectivity index (χ0v) is 14.3. The number of halogens is 2. The van der Waals surface area contributed by atoms with Crippen molar-refractivity contribution in [2.75, 3.05) is 36.5 Å². The molecule has 0 saturated carbocycles. The number of morpholine rings is 1. The smallest absolute Gasteiger partial charge is 0.134 e. The summed E-state index contributed by atoms with van der Waals surface area (Å²) >= 11 is 12.2. The number of nitrogens with one attached hydrogen (secondary N) is 1. The monoisotopic (exact) mass is 352 g/mol. The predicted molar refractivity (Wildman–Crippen MR) is 93.6 cm³/mol. The Hall–Kier alpha value is -1.56. The van der Waals surface area contributed by atoms with Gasteiger partial charge in [-0.05, 0) is 24.6 Å². The number of hydrogen-bond acceptors (Lipinski definition) is 5. The maximum atomic E-state index is 6.26. The van der Waals surface area contributed by atoms with Gasteiger partial charge in [-0.1, -0.05) is 29.3 Å². The molecule has 1 aliphatic heterocycles. The standard InChI is InChI=1S/C16H18Cl2N4O/c1-11(13-3-2-12(17)8-14(13)18)21-15-9-16(20-10-19-15)22-4-6-23-7-5-22/h2-3,8-11H,4-7H2,1H3,(H,19,20,21)/t11-/m0/s1. The van der Waals surface area contributed by atoms with E-state index >= 15 is 0 Å². The molecule has 3 rings (SSSR count). The van der Waals surface area contributed by atoms with Gasteiger partial charge >= 0.3 is 0 Å². The van der Waals surface area contributed by atoms with Crippen molar-refractivity contribution >= 4 is 34.8 Å². The lowest BCUT2D eigenvalue weighted by molar-refractivity contribution is 0.122. The number of benzene rings is 1. The minimum atomic E-state index is 0.00667. The maximum absolute atomic E-state index is 6.26. The van der Waals surface area contributed by atoms with Gasteiger partial charge in [-0.25, -0.2) is 9.97 Å². The Labute approximate surface area is 145 Å². The Morgan fingerprint density at radius 3 is 2.70 bits per heavy atom. The number of nitrogens with zero attached hydrogens (tertiary/aromatic N) is 3. The van der Waals surface area contributed by atoms with Crippen LogP contribution in [0, 0.1) is 0 Å². The summed E-state index contributed by atoms with van der Waals surface area (Å²) in [7, 11) is 0. The summed E-state index contributed by atoms with van der Waals surface area (Å²) in [5.74, 6) is 1.67. The molecule has 5 nitrogen and oxygen atoms in total. The average molecular weight is 353 g/mol. The lowest BCUT2D eigenvalue weighted by Crippen LogP contribution is -2.36. The first-order valence-electron chi connectivity index (χ1n) is 7.50. The summed E-state index contributed by atoms with van der Waals surface area (Å²) in [6.07, 6.45) is 1.57. The van der Waals surface area contributed by atoms with Crippen molar-refractivity contribution in [1.82, 2.24) is 9.97 Å². The van der Waals surface area contributed by atoms with E-state index in [1.807, 2.05) is 25.1 Å². The molecule has 0 amide bonds. The molecule has 7 heteroatoms. The number of aromatic nitrogens is 2. The van der Waals surface area contributed by atoms with Crippen LogP contribution in [0.3, 0.4) is 0 Å². The highest BCUT2D eigenvalue weighted by Gasteiger charge is 2.15. The third kappa shape index (κ3) is 4.05. The summed E-state index contributed by atoms with van der Waals surface area (Å²) in [5, 5.41) is 4.63. The molecule has 0 bridgehead atoms. The molecule has 1 aliphatic rings. The number of anilines is 2. The van der Waals surface area contributed by atoms with E-state index in [0.717, 1.165) is 43.5 Å².